The SMILES string of the molecule is CC(C)(C#Cc1ccc(-c2ccc(Cl)c3c(CN(COP(=O)(O)O)[SH](=O)=O)nn(CC(F)(F)F)c23)c(C(Cc2cc(F)cc(F)c2)NC(=O)Cn2nc(C(F)(F)F)c3c2C(F)(F)[C@@H]2C[C@H]32)n1)S(C)(=O)=O. The largest absolute Gasteiger partial charge is 0.470 e. The number of halogens is 11. The number of rotatable bonds is 15. The van der Waals surface area contributed by atoms with Crippen LogP contribution in [0, 0.1) is 29.4 Å². The Labute approximate surface area is 396 Å². The van der Waals surface area contributed by atoms with E-state index in [1.807, 2.05) is 0 Å². The van der Waals surface area contributed by atoms with E-state index in [4.69, 9.17) is 11.6 Å². The average molecular weight is 1080 g/mol. The Kier molecular flexibility index (Phi) is 13.9. The lowest BCUT2D eigenvalue weighted by molar-refractivity contribution is -0.143. The minimum atomic E-state index is -5.32. The number of benzene rings is 2. The van der Waals surface area contributed by atoms with Gasteiger partial charge in [0, 0.05) is 40.3 Å². The number of carbonyl (C=O) groups is 1. The van der Waals surface area contributed by atoms with Gasteiger partial charge in [0.15, 0.2) is 15.5 Å². The highest BCUT2D eigenvalue weighted by Crippen LogP contribution is 2.68. The van der Waals surface area contributed by atoms with Gasteiger partial charge in [0.1, 0.15) is 47.6 Å². The molecule has 0 spiro atoms. The van der Waals surface area contributed by atoms with E-state index in [1.165, 1.54) is 13.8 Å². The van der Waals surface area contributed by atoms with Crippen LogP contribution in [0.3, 0.4) is 0 Å². The maximum atomic E-state index is 15.5. The molecule has 1 saturated carbocycles. The van der Waals surface area contributed by atoms with Crippen molar-refractivity contribution in [3.8, 4) is 23.0 Å². The van der Waals surface area contributed by atoms with E-state index in [0.29, 0.717) is 10.7 Å². The van der Waals surface area contributed by atoms with Crippen LogP contribution >= 0.6 is 19.4 Å². The zero-order valence-corrected chi connectivity index (χ0v) is 39.3. The zero-order valence-electron chi connectivity index (χ0n) is 35.9. The highest BCUT2D eigenvalue weighted by atomic mass is 35.5. The van der Waals surface area contributed by atoms with E-state index < -0.39 is 154 Å². The molecule has 2 aliphatic carbocycles. The minimum absolute atomic E-state index is 0.186. The molecule has 0 bridgehead atoms. The molecule has 1 amide bonds. The first-order valence-corrected chi connectivity index (χ1v) is 25.0. The lowest BCUT2D eigenvalue weighted by atomic mass is 9.93. The molecule has 70 heavy (non-hydrogen) atoms. The number of carbonyl (C=O) groups excluding carboxylic acids is 1. The van der Waals surface area contributed by atoms with Crippen molar-refractivity contribution in [1.29, 1.82) is 0 Å². The van der Waals surface area contributed by atoms with E-state index >= 15 is 8.78 Å². The van der Waals surface area contributed by atoms with E-state index in [0.717, 1.165) is 42.7 Å². The van der Waals surface area contributed by atoms with E-state index in [-0.39, 0.29) is 48.2 Å². The molecule has 2 aliphatic rings. The number of nitrogens with zero attached hydrogens (tertiary/aromatic N) is 6. The van der Waals surface area contributed by atoms with Crippen molar-refractivity contribution in [2.45, 2.75) is 81.3 Å². The number of sulfone groups is 1. The summed E-state index contributed by atoms with van der Waals surface area (Å²) in [6, 6.07) is 4.86. The summed E-state index contributed by atoms with van der Waals surface area (Å²) in [6.07, 6.45) is -10.4. The van der Waals surface area contributed by atoms with Gasteiger partial charge in [-0.15, -0.1) is 0 Å². The van der Waals surface area contributed by atoms with Gasteiger partial charge >= 0.3 is 20.2 Å². The van der Waals surface area contributed by atoms with Gasteiger partial charge in [-0.3, -0.25) is 18.7 Å². The Hall–Kier alpha value is -5.14. The summed E-state index contributed by atoms with van der Waals surface area (Å²) in [6.45, 7) is -3.06. The van der Waals surface area contributed by atoms with E-state index in [9.17, 15) is 71.1 Å². The molecule has 0 radical (unpaired) electrons. The number of phosphoric acid groups is 1. The molecule has 0 saturated heterocycles. The Morgan fingerprint density at radius 3 is 2.27 bits per heavy atom. The second-order valence-corrected chi connectivity index (χ2v) is 22.0. The van der Waals surface area contributed by atoms with Crippen molar-refractivity contribution < 1.29 is 84.4 Å². The summed E-state index contributed by atoms with van der Waals surface area (Å²) in [4.78, 5) is 37.0. The number of phosphoric ester groups is 1. The van der Waals surface area contributed by atoms with Gasteiger partial charge in [0.05, 0.1) is 34.5 Å². The first-order valence-electron chi connectivity index (χ1n) is 20.0. The number of pyridine rings is 1. The van der Waals surface area contributed by atoms with Crippen molar-refractivity contribution in [2.24, 2.45) is 5.92 Å². The normalized spacial score (nSPS) is 17.4. The highest BCUT2D eigenvalue weighted by molar-refractivity contribution is 7.92. The van der Waals surface area contributed by atoms with Crippen LogP contribution in [-0.4, -0.2) is 85.3 Å². The fraction of sp³-hybridized carbons (Fsp3) is 0.400. The summed E-state index contributed by atoms with van der Waals surface area (Å²) in [5.41, 5.74) is -6.18. The number of amides is 1. The van der Waals surface area contributed by atoms with Crippen molar-refractivity contribution in [3.05, 3.63) is 98.7 Å². The smallest absolute Gasteiger partial charge is 0.346 e. The summed E-state index contributed by atoms with van der Waals surface area (Å²) in [5.74, 6) is -5.08. The third-order valence-corrected chi connectivity index (χ3v) is 14.8. The fourth-order valence-electron chi connectivity index (χ4n) is 7.93. The Morgan fingerprint density at radius 2 is 1.69 bits per heavy atom. The van der Waals surface area contributed by atoms with Crippen molar-refractivity contribution >= 4 is 57.0 Å². The topological polar surface area (TPSA) is 216 Å². The highest BCUT2D eigenvalue weighted by Gasteiger charge is 2.68. The third kappa shape index (κ3) is 11.2. The Bertz CT molecular complexity index is 3230. The molecule has 3 N–H and O–H groups in total. The number of aromatic nitrogens is 5. The first kappa shape index (κ1) is 52.7. The maximum absolute atomic E-state index is 15.5. The van der Waals surface area contributed by atoms with Gasteiger partial charge in [-0.25, -0.2) is 35.2 Å². The number of hydrogen-bond donors (Lipinski definition) is 4. The quantitative estimate of drug-likeness (QED) is 0.0284. The maximum Gasteiger partial charge on any atom is 0.470 e. The molecule has 16 nitrogen and oxygen atoms in total. The Morgan fingerprint density at radius 1 is 1.04 bits per heavy atom. The molecular formula is C40H35ClF10N7O9PS2. The van der Waals surface area contributed by atoms with Crippen molar-refractivity contribution in [1.82, 2.24) is 34.2 Å². The van der Waals surface area contributed by atoms with Gasteiger partial charge in [-0.2, -0.15) is 49.6 Å². The van der Waals surface area contributed by atoms with E-state index in [2.05, 4.69) is 36.9 Å². The Balaban J connectivity index is 1.45. The molecule has 378 valence electrons. The van der Waals surface area contributed by atoms with Gasteiger partial charge in [-0.05, 0) is 74.4 Å². The van der Waals surface area contributed by atoms with Gasteiger partial charge in [0.2, 0.25) is 16.8 Å². The number of nitrogens with one attached hydrogen (secondary N) is 1. The lowest BCUT2D eigenvalue weighted by Gasteiger charge is -2.23. The number of hydrogen-bond acceptors (Lipinski definition) is 10. The molecule has 3 aromatic heterocycles. The molecule has 1 fully saturated rings. The molecule has 7 rings (SSSR count). The van der Waals surface area contributed by atoms with Gasteiger partial charge in [-0.1, -0.05) is 23.6 Å². The molecule has 3 heterocycles. The predicted octanol–water partition coefficient (Wildman–Crippen LogP) is 6.69. The van der Waals surface area contributed by atoms with Crippen LogP contribution in [0.4, 0.5) is 43.9 Å². The van der Waals surface area contributed by atoms with Crippen molar-refractivity contribution in [2.75, 3.05) is 13.0 Å². The van der Waals surface area contributed by atoms with E-state index in [1.54, 1.807) is 0 Å². The second-order valence-electron chi connectivity index (χ2n) is 16.8. The average Bonchev–Trinajstić information content (AvgIpc) is 3.72. The molecule has 0 aliphatic heterocycles. The molecule has 5 aromatic rings. The molecule has 2 aromatic carbocycles. The van der Waals surface area contributed by atoms with Crippen LogP contribution in [0.25, 0.3) is 22.0 Å². The fourth-order valence-corrected chi connectivity index (χ4v) is 9.21. The van der Waals surface area contributed by atoms with Gasteiger partial charge < -0.3 is 15.1 Å². The predicted molar refractivity (Wildman–Crippen MR) is 227 cm³/mol. The number of fused-ring (bicyclic) bond motifs is 4. The number of alkyl halides is 8. The summed E-state index contributed by atoms with van der Waals surface area (Å²) in [5, 5.41) is 8.99. The van der Waals surface area contributed by atoms with Crippen LogP contribution in [0.2, 0.25) is 5.02 Å². The second kappa shape index (κ2) is 18.5. The van der Waals surface area contributed by atoms with Gasteiger partial charge in [0.25, 0.3) is 5.92 Å². The first-order chi connectivity index (χ1) is 32.1. The molecule has 1 unspecified atom stereocenters. The molecule has 3 atom stereocenters. The summed E-state index contributed by atoms with van der Waals surface area (Å²) >= 11 is 6.55. The lowest BCUT2D eigenvalue weighted by Crippen LogP contribution is -2.35. The van der Waals surface area contributed by atoms with Crippen molar-refractivity contribution in [3.63, 3.8) is 0 Å². The standard InChI is InChI=1S/C40H35ClF10N7O9PS2/c1-37(2,70(3,65)66)9-8-22-4-5-23(24-6-7-27(41)32-29(54-58(34(24)32)17-38(44,45)46)15-56(69(63)64)18-67-68(60,61)62)33(52-22)28(12-19-10-20(42)13-21(43)11-19)53-30(59)16-57-36-31(35(55-57)40(49,50)51)25-14-26(25)39(36,47)48/h4-7,10-11,13,25-26,28,69H,12,14-18H2,1-3H3,(H,53,59)(H2,60,61,62)/t25-,26+,28?/m0/s1. The minimum Gasteiger partial charge on any atom is -0.346 e. The summed E-state index contributed by atoms with van der Waals surface area (Å²) in [7, 11) is -13.0. The van der Waals surface area contributed by atoms with Crippen LogP contribution in [0.5, 0.6) is 0 Å². The van der Waals surface area contributed by atoms with Crippen LogP contribution in [0.15, 0.2) is 42.5 Å². The molecular weight excluding hydrogens is 1040 g/mol. The third-order valence-electron chi connectivity index (χ3n) is 11.3. The summed E-state index contributed by atoms with van der Waals surface area (Å²) < 4.78 is 210. The van der Waals surface area contributed by atoms with Crippen LogP contribution in [0.1, 0.15) is 71.8 Å². The number of thiol groups is 1. The molecule has 30 heteroatoms. The monoisotopic (exact) mass is 1080 g/mol. The van der Waals surface area contributed by atoms with Crippen LogP contribution < -0.4 is 5.32 Å². The van der Waals surface area contributed by atoms with Crippen LogP contribution in [-0.2, 0) is 72.8 Å². The zero-order chi connectivity index (χ0) is 51.8.